The van der Waals surface area contributed by atoms with E-state index in [9.17, 15) is 9.59 Å². The largest absolute Gasteiger partial charge is 0.342 e. The Balaban J connectivity index is 1.79. The predicted molar refractivity (Wildman–Crippen MR) is 78.8 cm³/mol. The molecule has 1 aromatic heterocycles. The normalized spacial score (nSPS) is 22.5. The van der Waals surface area contributed by atoms with E-state index >= 15 is 0 Å². The quantitative estimate of drug-likeness (QED) is 0.907. The lowest BCUT2D eigenvalue weighted by Gasteiger charge is -2.33. The van der Waals surface area contributed by atoms with E-state index in [1.54, 1.807) is 11.1 Å². The lowest BCUT2D eigenvalue weighted by molar-refractivity contribution is -0.131. The van der Waals surface area contributed by atoms with E-state index in [2.05, 4.69) is 10.3 Å². The minimum Gasteiger partial charge on any atom is -0.342 e. The molecule has 1 atom stereocenters. The average molecular weight is 281 g/mol. The van der Waals surface area contributed by atoms with Gasteiger partial charge in [0.1, 0.15) is 12.6 Å². The molecule has 0 spiro atoms. The van der Waals surface area contributed by atoms with E-state index in [4.69, 9.17) is 0 Å². The molecule has 1 aromatic carbocycles. The second kappa shape index (κ2) is 4.55. The van der Waals surface area contributed by atoms with Gasteiger partial charge in [0.15, 0.2) is 0 Å². The van der Waals surface area contributed by atoms with Crippen LogP contribution < -0.4 is 10.2 Å². The summed E-state index contributed by atoms with van der Waals surface area (Å²) in [5, 5.41) is 3.73. The van der Waals surface area contributed by atoms with Gasteiger partial charge < -0.3 is 10.2 Å². The number of nitrogens with zero attached hydrogens (tertiary/aromatic N) is 2. The zero-order chi connectivity index (χ0) is 14.4. The van der Waals surface area contributed by atoms with Crippen molar-refractivity contribution in [1.29, 1.82) is 0 Å². The first-order valence-electron chi connectivity index (χ1n) is 7.18. The van der Waals surface area contributed by atoms with Crippen LogP contribution in [-0.4, -0.2) is 29.4 Å². The lowest BCUT2D eigenvalue weighted by Crippen LogP contribution is -2.59. The molecule has 0 radical (unpaired) electrons. The van der Waals surface area contributed by atoms with Gasteiger partial charge >= 0.3 is 0 Å². The first-order valence-corrected chi connectivity index (χ1v) is 7.18. The molecule has 21 heavy (non-hydrogen) atoms. The Morgan fingerprint density at radius 1 is 1.14 bits per heavy atom. The van der Waals surface area contributed by atoms with Gasteiger partial charge in [-0.05, 0) is 43.0 Å². The number of amides is 2. The van der Waals surface area contributed by atoms with Crippen LogP contribution in [0.5, 0.6) is 0 Å². The van der Waals surface area contributed by atoms with Crippen molar-refractivity contribution in [1.82, 2.24) is 10.3 Å². The number of hydrogen-bond acceptors (Lipinski definition) is 3. The number of nitrogens with one attached hydrogen (secondary N) is 1. The zero-order valence-corrected chi connectivity index (χ0v) is 11.5. The van der Waals surface area contributed by atoms with Gasteiger partial charge in [-0.2, -0.15) is 0 Å². The number of carbonyl (C=O) groups is 2. The summed E-state index contributed by atoms with van der Waals surface area (Å²) >= 11 is 0. The van der Waals surface area contributed by atoms with Crippen molar-refractivity contribution in [2.75, 3.05) is 11.4 Å². The topological polar surface area (TPSA) is 62.3 Å². The van der Waals surface area contributed by atoms with Gasteiger partial charge in [-0.3, -0.25) is 14.6 Å². The summed E-state index contributed by atoms with van der Waals surface area (Å²) in [5.41, 5.74) is 1.60. The molecular formula is C16H15N3O2. The van der Waals surface area contributed by atoms with Crippen LogP contribution in [-0.2, 0) is 9.59 Å². The van der Waals surface area contributed by atoms with Crippen molar-refractivity contribution >= 4 is 28.4 Å². The molecule has 2 aromatic rings. The fourth-order valence-electron chi connectivity index (χ4n) is 2.95. The fraction of sp³-hybridized carbons (Fsp3) is 0.312. The molecule has 4 rings (SSSR count). The summed E-state index contributed by atoms with van der Waals surface area (Å²) in [6.07, 6.45) is 3.76. The van der Waals surface area contributed by atoms with E-state index < -0.39 is 0 Å². The van der Waals surface area contributed by atoms with Crippen molar-refractivity contribution < 1.29 is 9.59 Å². The summed E-state index contributed by atoms with van der Waals surface area (Å²) in [7, 11) is 0. The lowest BCUT2D eigenvalue weighted by atomic mass is 10.1. The number of hydrogen-bond donors (Lipinski definition) is 1. The molecule has 2 fully saturated rings. The van der Waals surface area contributed by atoms with Gasteiger partial charge in [-0.1, -0.05) is 6.07 Å². The third-order valence-electron chi connectivity index (χ3n) is 4.16. The molecule has 0 bridgehead atoms. The van der Waals surface area contributed by atoms with Crippen LogP contribution in [0.15, 0.2) is 36.5 Å². The van der Waals surface area contributed by atoms with Gasteiger partial charge in [-0.15, -0.1) is 0 Å². The molecule has 1 saturated carbocycles. The maximum atomic E-state index is 12.7. The molecule has 5 heteroatoms. The molecule has 1 aliphatic carbocycles. The van der Waals surface area contributed by atoms with Crippen molar-refractivity contribution in [2.24, 2.45) is 5.92 Å². The SMILES string of the molecule is O=C1CN(c2cccc3ncccc23)C(=O)C(C2CC2)N1. The Morgan fingerprint density at radius 3 is 2.81 bits per heavy atom. The first-order chi connectivity index (χ1) is 10.2. The van der Waals surface area contributed by atoms with Crippen LogP contribution in [0.4, 0.5) is 5.69 Å². The summed E-state index contributed by atoms with van der Waals surface area (Å²) in [4.78, 5) is 30.5. The molecule has 106 valence electrons. The summed E-state index contributed by atoms with van der Waals surface area (Å²) in [6, 6.07) is 9.08. The number of rotatable bonds is 2. The van der Waals surface area contributed by atoms with Crippen LogP contribution in [0.3, 0.4) is 0 Å². The van der Waals surface area contributed by atoms with Crippen molar-refractivity contribution in [2.45, 2.75) is 18.9 Å². The number of pyridine rings is 1. The highest BCUT2D eigenvalue weighted by Crippen LogP contribution is 2.36. The van der Waals surface area contributed by atoms with Crippen LogP contribution in [0.25, 0.3) is 10.9 Å². The Bertz CT molecular complexity index is 734. The summed E-state index contributed by atoms with van der Waals surface area (Å²) in [5.74, 6) is 0.207. The Kier molecular flexibility index (Phi) is 2.67. The number of benzene rings is 1. The zero-order valence-electron chi connectivity index (χ0n) is 11.5. The van der Waals surface area contributed by atoms with Gasteiger partial charge in [0, 0.05) is 11.6 Å². The molecule has 1 saturated heterocycles. The second-order valence-corrected chi connectivity index (χ2v) is 5.65. The van der Waals surface area contributed by atoms with Crippen molar-refractivity contribution in [3.63, 3.8) is 0 Å². The Hall–Kier alpha value is -2.43. The first kappa shape index (κ1) is 12.3. The molecule has 1 N–H and O–H groups in total. The predicted octanol–water partition coefficient (Wildman–Crippen LogP) is 1.48. The maximum absolute atomic E-state index is 12.7. The van der Waals surface area contributed by atoms with E-state index in [-0.39, 0.29) is 24.4 Å². The van der Waals surface area contributed by atoms with Crippen LogP contribution in [0.1, 0.15) is 12.8 Å². The average Bonchev–Trinajstić information content (AvgIpc) is 3.33. The minimum atomic E-state index is -0.363. The number of aromatic nitrogens is 1. The molecular weight excluding hydrogens is 266 g/mol. The smallest absolute Gasteiger partial charge is 0.250 e. The number of piperazine rings is 1. The molecule has 2 heterocycles. The second-order valence-electron chi connectivity index (χ2n) is 5.65. The fourth-order valence-corrected chi connectivity index (χ4v) is 2.95. The highest BCUT2D eigenvalue weighted by atomic mass is 16.2. The molecule has 2 aliphatic rings. The number of carbonyl (C=O) groups excluding carboxylic acids is 2. The third kappa shape index (κ3) is 2.05. The van der Waals surface area contributed by atoms with E-state index in [1.807, 2.05) is 30.3 Å². The minimum absolute atomic E-state index is 0.00606. The Morgan fingerprint density at radius 2 is 2.00 bits per heavy atom. The van der Waals surface area contributed by atoms with Gasteiger partial charge in [0.05, 0.1) is 11.2 Å². The molecule has 1 unspecified atom stereocenters. The maximum Gasteiger partial charge on any atom is 0.250 e. The van der Waals surface area contributed by atoms with E-state index in [1.165, 1.54) is 0 Å². The monoisotopic (exact) mass is 281 g/mol. The molecule has 1 aliphatic heterocycles. The number of anilines is 1. The standard InChI is InChI=1S/C16H15N3O2/c20-14-9-19(16(21)15(18-14)10-6-7-10)13-5-1-4-12-11(13)3-2-8-17-12/h1-5,8,10,15H,6-7,9H2,(H,18,20). The summed E-state index contributed by atoms with van der Waals surface area (Å²) < 4.78 is 0. The number of fused-ring (bicyclic) bond motifs is 1. The van der Waals surface area contributed by atoms with Crippen molar-refractivity contribution in [3.8, 4) is 0 Å². The van der Waals surface area contributed by atoms with Crippen LogP contribution >= 0.6 is 0 Å². The van der Waals surface area contributed by atoms with Gasteiger partial charge in [0.2, 0.25) is 11.8 Å². The highest BCUT2D eigenvalue weighted by Gasteiger charge is 2.43. The summed E-state index contributed by atoms with van der Waals surface area (Å²) in [6.45, 7) is 0.0794. The molecule has 5 nitrogen and oxygen atoms in total. The Labute approximate surface area is 122 Å². The van der Waals surface area contributed by atoms with Crippen LogP contribution in [0, 0.1) is 5.92 Å². The highest BCUT2D eigenvalue weighted by molar-refractivity contribution is 6.11. The van der Waals surface area contributed by atoms with E-state index in [0.717, 1.165) is 29.4 Å². The van der Waals surface area contributed by atoms with E-state index in [0.29, 0.717) is 5.92 Å². The van der Waals surface area contributed by atoms with Gasteiger partial charge in [0.25, 0.3) is 0 Å². The molecule has 2 amide bonds. The third-order valence-corrected chi connectivity index (χ3v) is 4.16. The van der Waals surface area contributed by atoms with Crippen molar-refractivity contribution in [3.05, 3.63) is 36.5 Å². The van der Waals surface area contributed by atoms with Crippen LogP contribution in [0.2, 0.25) is 0 Å². The van der Waals surface area contributed by atoms with Gasteiger partial charge in [-0.25, -0.2) is 0 Å².